The number of hydrogen-bond acceptors (Lipinski definition) is 3. The highest BCUT2D eigenvalue weighted by atomic mass is 16.6. The monoisotopic (exact) mass is 520 g/mol. The van der Waals surface area contributed by atoms with E-state index in [-0.39, 0.29) is 36.4 Å². The lowest BCUT2D eigenvalue weighted by Gasteiger charge is -2.24. The van der Waals surface area contributed by atoms with Gasteiger partial charge in [0.1, 0.15) is 12.7 Å². The Labute approximate surface area is 233 Å². The fourth-order valence-electron chi connectivity index (χ4n) is 4.85. The molecule has 0 aromatic heterocycles. The van der Waals surface area contributed by atoms with Gasteiger partial charge in [-0.1, -0.05) is 137 Å². The molecule has 4 aromatic rings. The van der Waals surface area contributed by atoms with E-state index in [9.17, 15) is 4.79 Å². The highest BCUT2D eigenvalue weighted by Gasteiger charge is 2.21. The van der Waals surface area contributed by atoms with Crippen molar-refractivity contribution in [2.45, 2.75) is 52.1 Å². The van der Waals surface area contributed by atoms with Gasteiger partial charge in [0.2, 0.25) is 0 Å². The van der Waals surface area contributed by atoms with Crippen LogP contribution in [-0.4, -0.2) is 19.2 Å². The molecule has 39 heavy (non-hydrogen) atoms. The molecule has 0 aliphatic heterocycles. The second-order valence-corrected chi connectivity index (χ2v) is 10.3. The number of ether oxygens (including phenoxy) is 2. The van der Waals surface area contributed by atoms with Crippen LogP contribution in [0.4, 0.5) is 0 Å². The number of rotatable bonds is 12. The maximum Gasteiger partial charge on any atom is 0.308 e. The molecular weight excluding hydrogens is 480 g/mol. The summed E-state index contributed by atoms with van der Waals surface area (Å²) in [4.78, 5) is 12.2. The maximum absolute atomic E-state index is 12.2. The molecule has 4 aromatic carbocycles. The molecule has 0 heterocycles. The molecule has 3 heteroatoms. The molecule has 0 N–H and O–H groups in total. The van der Waals surface area contributed by atoms with E-state index >= 15 is 0 Å². The van der Waals surface area contributed by atoms with Crippen LogP contribution in [0.1, 0.15) is 85.4 Å². The van der Waals surface area contributed by atoms with Gasteiger partial charge in [-0.3, -0.25) is 4.79 Å². The molecule has 0 aliphatic carbocycles. The van der Waals surface area contributed by atoms with Gasteiger partial charge in [0, 0.05) is 11.8 Å². The van der Waals surface area contributed by atoms with Crippen molar-refractivity contribution in [3.05, 3.63) is 143 Å². The first-order valence-corrected chi connectivity index (χ1v) is 14.1. The second kappa shape index (κ2) is 13.9. The lowest BCUT2D eigenvalue weighted by atomic mass is 9.84. The SMILES string of the molecule is CCC(C)C(=O)OCCOC(c1ccccc1)c1cc(C(C)c2ccccc2)cc(C(C)c2ccccc2)c1. The van der Waals surface area contributed by atoms with Crippen LogP contribution < -0.4 is 0 Å². The minimum absolute atomic E-state index is 0.104. The molecule has 0 saturated heterocycles. The Morgan fingerprint density at radius 3 is 1.49 bits per heavy atom. The van der Waals surface area contributed by atoms with Crippen molar-refractivity contribution in [3.8, 4) is 0 Å². The van der Waals surface area contributed by atoms with Crippen LogP contribution in [0.2, 0.25) is 0 Å². The number of carbonyl (C=O) groups excluding carboxylic acids is 1. The fraction of sp³-hybridized carbons (Fsp3) is 0.306. The van der Waals surface area contributed by atoms with Crippen LogP contribution in [0.3, 0.4) is 0 Å². The van der Waals surface area contributed by atoms with E-state index in [0.29, 0.717) is 6.61 Å². The third kappa shape index (κ3) is 7.46. The highest BCUT2D eigenvalue weighted by molar-refractivity contribution is 5.71. The fourth-order valence-corrected chi connectivity index (χ4v) is 4.85. The summed E-state index contributed by atoms with van der Waals surface area (Å²) in [7, 11) is 0. The van der Waals surface area contributed by atoms with E-state index in [1.165, 1.54) is 22.3 Å². The summed E-state index contributed by atoms with van der Waals surface area (Å²) in [6, 6.07) is 38.5. The number of benzene rings is 4. The van der Waals surface area contributed by atoms with E-state index in [4.69, 9.17) is 9.47 Å². The average molecular weight is 521 g/mol. The zero-order chi connectivity index (χ0) is 27.6. The number of hydrogen-bond donors (Lipinski definition) is 0. The quantitative estimate of drug-likeness (QED) is 0.138. The van der Waals surface area contributed by atoms with E-state index in [0.717, 1.165) is 17.5 Å². The van der Waals surface area contributed by atoms with Gasteiger partial charge in [-0.05, 0) is 39.8 Å². The molecule has 0 amide bonds. The largest absolute Gasteiger partial charge is 0.463 e. The predicted molar refractivity (Wildman–Crippen MR) is 159 cm³/mol. The topological polar surface area (TPSA) is 35.5 Å². The number of esters is 1. The lowest BCUT2D eigenvalue weighted by Crippen LogP contribution is -2.18. The first kappa shape index (κ1) is 28.3. The number of carbonyl (C=O) groups is 1. The van der Waals surface area contributed by atoms with Crippen LogP contribution >= 0.6 is 0 Å². The van der Waals surface area contributed by atoms with Crippen molar-refractivity contribution in [1.29, 1.82) is 0 Å². The molecule has 0 bridgehead atoms. The Hall–Kier alpha value is -3.69. The van der Waals surface area contributed by atoms with Gasteiger partial charge in [-0.25, -0.2) is 0 Å². The Bertz CT molecular complexity index is 1240. The molecule has 0 aliphatic rings. The van der Waals surface area contributed by atoms with Crippen LogP contribution in [0, 0.1) is 5.92 Å². The smallest absolute Gasteiger partial charge is 0.308 e. The van der Waals surface area contributed by atoms with Gasteiger partial charge < -0.3 is 9.47 Å². The summed E-state index contributed by atoms with van der Waals surface area (Å²) in [6.07, 6.45) is 0.485. The van der Waals surface area contributed by atoms with E-state index < -0.39 is 0 Å². The van der Waals surface area contributed by atoms with Gasteiger partial charge in [0.25, 0.3) is 0 Å². The van der Waals surface area contributed by atoms with Crippen LogP contribution in [0.25, 0.3) is 0 Å². The Morgan fingerprint density at radius 1 is 0.590 bits per heavy atom. The first-order valence-electron chi connectivity index (χ1n) is 14.1. The minimum atomic E-state index is -0.279. The van der Waals surface area contributed by atoms with Crippen LogP contribution in [0.5, 0.6) is 0 Å². The van der Waals surface area contributed by atoms with E-state index in [1.54, 1.807) is 0 Å². The maximum atomic E-state index is 12.2. The first-order chi connectivity index (χ1) is 19.0. The third-order valence-corrected chi connectivity index (χ3v) is 7.63. The average Bonchev–Trinajstić information content (AvgIpc) is 3.00. The molecule has 4 atom stereocenters. The van der Waals surface area contributed by atoms with Gasteiger partial charge in [-0.2, -0.15) is 0 Å². The molecule has 4 unspecified atom stereocenters. The van der Waals surface area contributed by atoms with Gasteiger partial charge in [0.05, 0.1) is 12.5 Å². The molecule has 0 fully saturated rings. The van der Waals surface area contributed by atoms with Crippen molar-refractivity contribution in [3.63, 3.8) is 0 Å². The van der Waals surface area contributed by atoms with Crippen molar-refractivity contribution in [2.75, 3.05) is 13.2 Å². The van der Waals surface area contributed by atoms with Gasteiger partial charge in [-0.15, -0.1) is 0 Å². The van der Waals surface area contributed by atoms with Crippen LogP contribution in [0.15, 0.2) is 109 Å². The van der Waals surface area contributed by atoms with Crippen molar-refractivity contribution in [2.24, 2.45) is 5.92 Å². The molecule has 0 saturated carbocycles. The molecular formula is C36H40O3. The van der Waals surface area contributed by atoms with Crippen molar-refractivity contribution in [1.82, 2.24) is 0 Å². The Kier molecular flexibility index (Phi) is 10.1. The summed E-state index contributed by atoms with van der Waals surface area (Å²) in [6.45, 7) is 8.97. The zero-order valence-corrected chi connectivity index (χ0v) is 23.5. The summed E-state index contributed by atoms with van der Waals surface area (Å²) in [5.74, 6) is 0.171. The Balaban J connectivity index is 1.70. The van der Waals surface area contributed by atoms with Crippen LogP contribution in [-0.2, 0) is 14.3 Å². The Morgan fingerprint density at radius 2 is 1.03 bits per heavy atom. The summed E-state index contributed by atoms with van der Waals surface area (Å²) in [5, 5.41) is 0. The highest BCUT2D eigenvalue weighted by Crippen LogP contribution is 2.35. The molecule has 0 spiro atoms. The molecule has 0 radical (unpaired) electrons. The zero-order valence-electron chi connectivity index (χ0n) is 23.5. The predicted octanol–water partition coefficient (Wildman–Crippen LogP) is 8.69. The minimum Gasteiger partial charge on any atom is -0.463 e. The van der Waals surface area contributed by atoms with E-state index in [2.05, 4.69) is 105 Å². The van der Waals surface area contributed by atoms with Crippen molar-refractivity contribution >= 4 is 5.97 Å². The summed E-state index contributed by atoms with van der Waals surface area (Å²) in [5.41, 5.74) is 7.25. The molecule has 3 nitrogen and oxygen atoms in total. The summed E-state index contributed by atoms with van der Waals surface area (Å²) >= 11 is 0. The van der Waals surface area contributed by atoms with Crippen molar-refractivity contribution < 1.29 is 14.3 Å². The normalized spacial score (nSPS) is 14.3. The molecule has 4 rings (SSSR count). The van der Waals surface area contributed by atoms with Gasteiger partial charge >= 0.3 is 5.97 Å². The van der Waals surface area contributed by atoms with Gasteiger partial charge in [0.15, 0.2) is 0 Å². The molecule has 202 valence electrons. The second-order valence-electron chi connectivity index (χ2n) is 10.3. The standard InChI is InChI=1S/C36H40O3/c1-5-26(2)36(37)39-22-21-38-35(31-19-13-8-14-20-31)34-24-32(27(3)29-15-9-6-10-16-29)23-33(25-34)28(4)30-17-11-7-12-18-30/h6-20,23-28,35H,5,21-22H2,1-4H3. The lowest BCUT2D eigenvalue weighted by molar-refractivity contribution is -0.150. The third-order valence-electron chi connectivity index (χ3n) is 7.63. The van der Waals surface area contributed by atoms with E-state index in [1.807, 2.05) is 32.0 Å². The summed E-state index contributed by atoms with van der Waals surface area (Å²) < 4.78 is 12.0.